The molecule has 0 saturated carbocycles. The summed E-state index contributed by atoms with van der Waals surface area (Å²) < 4.78 is 18.2. The second-order valence-corrected chi connectivity index (χ2v) is 6.89. The molecule has 0 unspecified atom stereocenters. The summed E-state index contributed by atoms with van der Waals surface area (Å²) in [6.07, 6.45) is 0. The highest BCUT2D eigenvalue weighted by Crippen LogP contribution is 2.33. The van der Waals surface area contributed by atoms with Gasteiger partial charge in [-0.05, 0) is 30.1 Å². The highest BCUT2D eigenvalue weighted by atomic mass is 32.2. The molecule has 0 N–H and O–H groups in total. The van der Waals surface area contributed by atoms with E-state index in [-0.39, 0.29) is 5.82 Å². The van der Waals surface area contributed by atoms with Gasteiger partial charge in [-0.3, -0.25) is 0 Å². The third-order valence-electron chi connectivity index (χ3n) is 2.56. The van der Waals surface area contributed by atoms with Gasteiger partial charge in [-0.2, -0.15) is 0 Å². The third-order valence-corrected chi connectivity index (χ3v) is 5.65. The van der Waals surface area contributed by atoms with E-state index in [1.165, 1.54) is 40.7 Å². The number of halogens is 1. The quantitative estimate of drug-likeness (QED) is 0.683. The van der Waals surface area contributed by atoms with Crippen molar-refractivity contribution in [2.75, 3.05) is 0 Å². The molecule has 0 aliphatic rings. The van der Waals surface area contributed by atoms with Crippen LogP contribution in [-0.4, -0.2) is 19.8 Å². The van der Waals surface area contributed by atoms with Crippen molar-refractivity contribution in [1.29, 1.82) is 0 Å². The minimum Gasteiger partial charge on any atom is -0.207 e. The van der Waals surface area contributed by atoms with Crippen LogP contribution < -0.4 is 0 Å². The number of rotatable bonds is 4. The molecule has 0 atom stereocenters. The molecule has 0 fully saturated rings. The highest BCUT2D eigenvalue weighted by molar-refractivity contribution is 8.00. The minimum absolute atomic E-state index is 0.188. The zero-order valence-corrected chi connectivity index (χ0v) is 12.9. The molecule has 0 saturated heterocycles. The maximum atomic E-state index is 13.5. The Labute approximate surface area is 127 Å². The first kappa shape index (κ1) is 13.6. The van der Waals surface area contributed by atoms with E-state index in [1.54, 1.807) is 12.1 Å². The Balaban J connectivity index is 1.72. The number of aryl methyl sites for hydroxylation is 1. The molecule has 1 aromatic carbocycles. The molecular formula is C12H9FN4S3. The lowest BCUT2D eigenvalue weighted by Gasteiger charge is -1.99. The van der Waals surface area contributed by atoms with Gasteiger partial charge in [0.2, 0.25) is 0 Å². The Morgan fingerprint density at radius 2 is 2.05 bits per heavy atom. The van der Waals surface area contributed by atoms with Gasteiger partial charge in [-0.15, -0.1) is 15.3 Å². The van der Waals surface area contributed by atoms with Crippen LogP contribution in [0.25, 0.3) is 9.88 Å². The molecule has 0 spiro atoms. The summed E-state index contributed by atoms with van der Waals surface area (Å²) in [5.74, 6) is 0.355. The van der Waals surface area contributed by atoms with E-state index in [1.807, 2.05) is 13.0 Å². The van der Waals surface area contributed by atoms with E-state index in [9.17, 15) is 4.39 Å². The second-order valence-electron chi connectivity index (χ2n) is 3.94. The molecule has 0 bridgehead atoms. The molecule has 4 nitrogen and oxygen atoms in total. The summed E-state index contributed by atoms with van der Waals surface area (Å²) in [5.41, 5.74) is 1.53. The molecule has 0 amide bonds. The number of hydrogen-bond donors (Lipinski definition) is 0. The van der Waals surface area contributed by atoms with Crippen LogP contribution in [0, 0.1) is 12.7 Å². The lowest BCUT2D eigenvalue weighted by molar-refractivity contribution is 0.617. The molecule has 2 heterocycles. The van der Waals surface area contributed by atoms with E-state index in [0.717, 1.165) is 19.9 Å². The van der Waals surface area contributed by atoms with Gasteiger partial charge in [0.1, 0.15) is 10.7 Å². The van der Waals surface area contributed by atoms with E-state index in [4.69, 9.17) is 0 Å². The first-order chi connectivity index (χ1) is 9.74. The van der Waals surface area contributed by atoms with E-state index >= 15 is 0 Å². The number of thioether (sulfide) groups is 1. The van der Waals surface area contributed by atoms with Crippen molar-refractivity contribution >= 4 is 34.6 Å². The van der Waals surface area contributed by atoms with Crippen molar-refractivity contribution in [3.05, 3.63) is 41.3 Å². The Kier molecular flexibility index (Phi) is 4.04. The largest absolute Gasteiger partial charge is 0.207 e. The molecular weight excluding hydrogens is 315 g/mol. The van der Waals surface area contributed by atoms with Gasteiger partial charge in [0.25, 0.3) is 0 Å². The van der Waals surface area contributed by atoms with Gasteiger partial charge in [-0.25, -0.2) is 4.39 Å². The number of aromatic nitrogens is 4. The summed E-state index contributed by atoms with van der Waals surface area (Å²) in [6.45, 7) is 1.90. The van der Waals surface area contributed by atoms with Crippen LogP contribution >= 0.6 is 34.6 Å². The lowest BCUT2D eigenvalue weighted by Crippen LogP contribution is -1.85. The van der Waals surface area contributed by atoms with Gasteiger partial charge < -0.3 is 0 Å². The van der Waals surface area contributed by atoms with Crippen LogP contribution in [0.2, 0.25) is 0 Å². The van der Waals surface area contributed by atoms with Crippen LogP contribution in [-0.2, 0) is 5.75 Å². The number of hydrogen-bond acceptors (Lipinski definition) is 7. The average molecular weight is 324 g/mol. The van der Waals surface area contributed by atoms with Crippen LogP contribution in [0.5, 0.6) is 0 Å². The predicted octanol–water partition coefficient (Wildman–Crippen LogP) is 3.80. The molecule has 3 aromatic rings. The van der Waals surface area contributed by atoms with Gasteiger partial charge in [-0.1, -0.05) is 45.8 Å². The second kappa shape index (κ2) is 5.94. The van der Waals surface area contributed by atoms with Crippen molar-refractivity contribution in [2.45, 2.75) is 17.0 Å². The fourth-order valence-corrected chi connectivity index (χ4v) is 4.15. The van der Waals surface area contributed by atoms with Gasteiger partial charge in [0.05, 0.1) is 5.69 Å². The maximum absolute atomic E-state index is 13.5. The topological polar surface area (TPSA) is 51.6 Å². The summed E-state index contributed by atoms with van der Waals surface area (Å²) in [6, 6.07) is 6.76. The van der Waals surface area contributed by atoms with E-state index in [0.29, 0.717) is 11.3 Å². The van der Waals surface area contributed by atoms with Gasteiger partial charge in [0, 0.05) is 5.75 Å². The van der Waals surface area contributed by atoms with E-state index in [2.05, 4.69) is 19.8 Å². The first-order valence-electron chi connectivity index (χ1n) is 5.73. The lowest BCUT2D eigenvalue weighted by atomic mass is 10.2. The molecule has 102 valence electrons. The normalized spacial score (nSPS) is 10.9. The molecule has 3 rings (SSSR count). The van der Waals surface area contributed by atoms with Crippen molar-refractivity contribution in [3.8, 4) is 9.88 Å². The highest BCUT2D eigenvalue weighted by Gasteiger charge is 2.13. The molecule has 8 heteroatoms. The summed E-state index contributed by atoms with van der Waals surface area (Å²) >= 11 is 4.27. The van der Waals surface area contributed by atoms with Crippen LogP contribution in [0.1, 0.15) is 11.3 Å². The number of benzene rings is 1. The third kappa shape index (κ3) is 2.87. The van der Waals surface area contributed by atoms with Crippen molar-refractivity contribution < 1.29 is 4.39 Å². The van der Waals surface area contributed by atoms with Crippen LogP contribution in [0.15, 0.2) is 28.6 Å². The monoisotopic (exact) mass is 324 g/mol. The van der Waals surface area contributed by atoms with Crippen molar-refractivity contribution in [1.82, 2.24) is 19.8 Å². The van der Waals surface area contributed by atoms with Crippen molar-refractivity contribution in [3.63, 3.8) is 0 Å². The first-order valence-corrected chi connectivity index (χ1v) is 8.30. The summed E-state index contributed by atoms with van der Waals surface area (Å²) in [5, 5.41) is 13.0. The fraction of sp³-hybridized carbons (Fsp3) is 0.167. The summed E-state index contributed by atoms with van der Waals surface area (Å²) in [7, 11) is 0. The Bertz CT molecular complexity index is 725. The predicted molar refractivity (Wildman–Crippen MR) is 79.5 cm³/mol. The molecule has 0 aliphatic heterocycles. The fourth-order valence-electron chi connectivity index (χ4n) is 1.54. The van der Waals surface area contributed by atoms with Gasteiger partial charge >= 0.3 is 0 Å². The maximum Gasteiger partial charge on any atom is 0.174 e. The number of nitrogens with zero attached hydrogens (tertiary/aromatic N) is 4. The van der Waals surface area contributed by atoms with Gasteiger partial charge in [0.15, 0.2) is 9.35 Å². The van der Waals surface area contributed by atoms with E-state index < -0.39 is 0 Å². The zero-order chi connectivity index (χ0) is 13.9. The summed E-state index contributed by atoms with van der Waals surface area (Å²) in [4.78, 5) is 0.945. The standard InChI is InChI=1S/C12H9FN4S3/c1-7-10(20-17-14-7)11-15-16-12(19-11)18-6-8-4-2-3-5-9(8)13/h2-5H,6H2,1H3. The Morgan fingerprint density at radius 3 is 2.80 bits per heavy atom. The smallest absolute Gasteiger partial charge is 0.174 e. The van der Waals surface area contributed by atoms with Crippen molar-refractivity contribution in [2.24, 2.45) is 0 Å². The van der Waals surface area contributed by atoms with Crippen LogP contribution in [0.3, 0.4) is 0 Å². The molecule has 2 aromatic heterocycles. The van der Waals surface area contributed by atoms with Crippen LogP contribution in [0.4, 0.5) is 4.39 Å². The molecule has 0 radical (unpaired) electrons. The Morgan fingerprint density at radius 1 is 1.20 bits per heavy atom. The SMILES string of the molecule is Cc1nnsc1-c1nnc(SCc2ccccc2F)s1. The Hall–Kier alpha value is -1.38. The molecule has 20 heavy (non-hydrogen) atoms. The zero-order valence-electron chi connectivity index (χ0n) is 10.4. The minimum atomic E-state index is -0.188. The average Bonchev–Trinajstić information content (AvgIpc) is 3.06. The molecule has 0 aliphatic carbocycles.